The van der Waals surface area contributed by atoms with Gasteiger partial charge in [-0.1, -0.05) is 6.07 Å². The standard InChI is InChI=1S/C19H27N5OS/c25-19(20-7-4-16-15-24-8-2-1-3-18(24)21-16)23-9-5-17(6-10-23)22-11-13-26-14-12-22/h1-3,8,15,17H,4-7,9-14H2,(H,20,25). The molecule has 0 atom stereocenters. The van der Waals surface area contributed by atoms with E-state index >= 15 is 0 Å². The number of aromatic nitrogens is 2. The zero-order valence-electron chi connectivity index (χ0n) is 15.1. The number of nitrogens with one attached hydrogen (secondary N) is 1. The highest BCUT2D eigenvalue weighted by Crippen LogP contribution is 2.20. The highest BCUT2D eigenvalue weighted by molar-refractivity contribution is 7.99. The number of piperidine rings is 1. The quantitative estimate of drug-likeness (QED) is 0.892. The van der Waals surface area contributed by atoms with Gasteiger partial charge in [0.25, 0.3) is 0 Å². The second-order valence-corrected chi connectivity index (χ2v) is 8.27. The predicted octanol–water partition coefficient (Wildman–Crippen LogP) is 2.10. The number of urea groups is 1. The van der Waals surface area contributed by atoms with E-state index in [0.29, 0.717) is 12.6 Å². The SMILES string of the molecule is O=C(NCCc1cn2ccccc2n1)N1CCC(N2CCSCC2)CC1. The number of pyridine rings is 1. The first-order valence-corrected chi connectivity index (χ1v) is 10.7. The summed E-state index contributed by atoms with van der Waals surface area (Å²) in [5.41, 5.74) is 1.96. The first-order chi connectivity index (χ1) is 12.8. The number of hydrogen-bond donors (Lipinski definition) is 1. The van der Waals surface area contributed by atoms with Gasteiger partial charge < -0.3 is 14.6 Å². The molecule has 0 unspecified atom stereocenters. The third-order valence-corrected chi connectivity index (χ3v) is 6.33. The van der Waals surface area contributed by atoms with Crippen molar-refractivity contribution in [3.05, 3.63) is 36.3 Å². The van der Waals surface area contributed by atoms with Crippen molar-refractivity contribution in [1.82, 2.24) is 24.5 Å². The lowest BCUT2D eigenvalue weighted by Gasteiger charge is -2.40. The molecule has 2 aliphatic heterocycles. The molecule has 2 fully saturated rings. The molecule has 26 heavy (non-hydrogen) atoms. The lowest BCUT2D eigenvalue weighted by atomic mass is 10.0. The molecular weight excluding hydrogens is 346 g/mol. The fourth-order valence-corrected chi connectivity index (χ4v) is 4.83. The molecule has 140 valence electrons. The first kappa shape index (κ1) is 17.7. The average Bonchev–Trinajstić information content (AvgIpc) is 3.11. The zero-order valence-corrected chi connectivity index (χ0v) is 16.0. The van der Waals surface area contributed by atoms with Gasteiger partial charge in [-0.15, -0.1) is 0 Å². The van der Waals surface area contributed by atoms with Crippen LogP contribution < -0.4 is 5.32 Å². The van der Waals surface area contributed by atoms with Gasteiger partial charge in [0.05, 0.1) is 5.69 Å². The van der Waals surface area contributed by atoms with E-state index in [0.717, 1.165) is 43.7 Å². The van der Waals surface area contributed by atoms with Crippen LogP contribution in [0.25, 0.3) is 5.65 Å². The van der Waals surface area contributed by atoms with Crippen molar-refractivity contribution in [2.75, 3.05) is 44.2 Å². The summed E-state index contributed by atoms with van der Waals surface area (Å²) in [5, 5.41) is 3.06. The van der Waals surface area contributed by atoms with Gasteiger partial charge in [0, 0.05) is 69.1 Å². The fourth-order valence-electron chi connectivity index (χ4n) is 3.89. The number of rotatable bonds is 4. The number of carbonyl (C=O) groups excluding carboxylic acids is 1. The molecule has 0 spiro atoms. The third-order valence-electron chi connectivity index (χ3n) is 5.39. The molecule has 2 aromatic rings. The van der Waals surface area contributed by atoms with E-state index in [1.54, 1.807) is 0 Å². The van der Waals surface area contributed by atoms with Crippen molar-refractivity contribution < 1.29 is 4.79 Å². The Balaban J connectivity index is 1.20. The van der Waals surface area contributed by atoms with Crippen molar-refractivity contribution in [1.29, 1.82) is 0 Å². The summed E-state index contributed by atoms with van der Waals surface area (Å²) in [6.45, 7) is 4.79. The number of thioether (sulfide) groups is 1. The summed E-state index contributed by atoms with van der Waals surface area (Å²) < 4.78 is 2.01. The van der Waals surface area contributed by atoms with Crippen molar-refractivity contribution in [3.8, 4) is 0 Å². The summed E-state index contributed by atoms with van der Waals surface area (Å²) in [4.78, 5) is 21.6. The Hall–Kier alpha value is -1.73. The molecular formula is C19H27N5OS. The number of carbonyl (C=O) groups is 1. The fraction of sp³-hybridized carbons (Fsp3) is 0.579. The van der Waals surface area contributed by atoms with Crippen LogP contribution in [0.2, 0.25) is 0 Å². The minimum absolute atomic E-state index is 0.0708. The smallest absolute Gasteiger partial charge is 0.317 e. The van der Waals surface area contributed by atoms with E-state index in [1.165, 1.54) is 24.6 Å². The Morgan fingerprint density at radius 3 is 2.77 bits per heavy atom. The maximum Gasteiger partial charge on any atom is 0.317 e. The van der Waals surface area contributed by atoms with Crippen LogP contribution in [0.5, 0.6) is 0 Å². The monoisotopic (exact) mass is 373 g/mol. The lowest BCUT2D eigenvalue weighted by molar-refractivity contribution is 0.124. The molecule has 6 nitrogen and oxygen atoms in total. The molecule has 1 N–H and O–H groups in total. The van der Waals surface area contributed by atoms with Crippen LogP contribution in [-0.2, 0) is 6.42 Å². The molecule has 2 saturated heterocycles. The van der Waals surface area contributed by atoms with Crippen LogP contribution >= 0.6 is 11.8 Å². The van der Waals surface area contributed by atoms with E-state index in [2.05, 4.69) is 27.0 Å². The number of hydrogen-bond acceptors (Lipinski definition) is 4. The molecule has 0 radical (unpaired) electrons. The Morgan fingerprint density at radius 1 is 1.19 bits per heavy atom. The van der Waals surface area contributed by atoms with Crippen LogP contribution in [0, 0.1) is 0 Å². The van der Waals surface area contributed by atoms with Gasteiger partial charge in [-0.25, -0.2) is 9.78 Å². The van der Waals surface area contributed by atoms with Gasteiger partial charge >= 0.3 is 6.03 Å². The summed E-state index contributed by atoms with van der Waals surface area (Å²) in [6.07, 6.45) is 6.99. The molecule has 0 aliphatic carbocycles. The normalized spacial score (nSPS) is 19.8. The largest absolute Gasteiger partial charge is 0.338 e. The van der Waals surface area contributed by atoms with Crippen LogP contribution in [0.3, 0.4) is 0 Å². The Kier molecular flexibility index (Phi) is 5.65. The highest BCUT2D eigenvalue weighted by atomic mass is 32.2. The van der Waals surface area contributed by atoms with Gasteiger partial charge in [-0.2, -0.15) is 11.8 Å². The number of fused-ring (bicyclic) bond motifs is 1. The van der Waals surface area contributed by atoms with Gasteiger partial charge in [-0.05, 0) is 25.0 Å². The summed E-state index contributed by atoms with van der Waals surface area (Å²) in [6, 6.07) is 6.71. The number of imidazole rings is 1. The molecule has 7 heteroatoms. The molecule has 2 amide bonds. The number of nitrogens with zero attached hydrogens (tertiary/aromatic N) is 4. The van der Waals surface area contributed by atoms with E-state index in [9.17, 15) is 4.79 Å². The van der Waals surface area contributed by atoms with Crippen LogP contribution in [0.15, 0.2) is 30.6 Å². The number of likely N-dealkylation sites (tertiary alicyclic amines) is 1. The minimum Gasteiger partial charge on any atom is -0.338 e. The molecule has 0 aromatic carbocycles. The van der Waals surface area contributed by atoms with Gasteiger partial charge in [0.15, 0.2) is 0 Å². The molecule has 0 saturated carbocycles. The lowest BCUT2D eigenvalue weighted by Crippen LogP contribution is -2.51. The van der Waals surface area contributed by atoms with Gasteiger partial charge in [-0.3, -0.25) is 4.90 Å². The topological polar surface area (TPSA) is 52.9 Å². The van der Waals surface area contributed by atoms with Crippen LogP contribution in [0.4, 0.5) is 4.79 Å². The van der Waals surface area contributed by atoms with Gasteiger partial charge in [0.1, 0.15) is 5.65 Å². The van der Waals surface area contributed by atoms with Crippen molar-refractivity contribution in [2.24, 2.45) is 0 Å². The first-order valence-electron chi connectivity index (χ1n) is 9.57. The summed E-state index contributed by atoms with van der Waals surface area (Å²) in [5.74, 6) is 2.51. The highest BCUT2D eigenvalue weighted by Gasteiger charge is 2.27. The molecule has 0 bridgehead atoms. The number of amides is 2. The Morgan fingerprint density at radius 2 is 2.00 bits per heavy atom. The van der Waals surface area contributed by atoms with Crippen molar-refractivity contribution >= 4 is 23.4 Å². The minimum atomic E-state index is 0.0708. The second kappa shape index (κ2) is 8.31. The Labute approximate surface area is 158 Å². The zero-order chi connectivity index (χ0) is 17.8. The summed E-state index contributed by atoms with van der Waals surface area (Å²) in [7, 11) is 0. The third kappa shape index (κ3) is 4.15. The molecule has 4 rings (SSSR count). The van der Waals surface area contributed by atoms with Crippen molar-refractivity contribution in [3.63, 3.8) is 0 Å². The maximum absolute atomic E-state index is 12.4. The molecule has 2 aromatic heterocycles. The van der Waals surface area contributed by atoms with Gasteiger partial charge in [0.2, 0.25) is 0 Å². The Bertz CT molecular complexity index is 701. The van der Waals surface area contributed by atoms with Crippen LogP contribution in [0.1, 0.15) is 18.5 Å². The second-order valence-electron chi connectivity index (χ2n) is 7.05. The van der Waals surface area contributed by atoms with Crippen molar-refractivity contribution in [2.45, 2.75) is 25.3 Å². The van der Waals surface area contributed by atoms with Crippen LogP contribution in [-0.4, -0.2) is 75.5 Å². The van der Waals surface area contributed by atoms with E-state index in [4.69, 9.17) is 0 Å². The summed E-state index contributed by atoms with van der Waals surface area (Å²) >= 11 is 2.05. The maximum atomic E-state index is 12.4. The predicted molar refractivity (Wildman–Crippen MR) is 106 cm³/mol. The average molecular weight is 374 g/mol. The van der Waals surface area contributed by atoms with E-state index in [-0.39, 0.29) is 6.03 Å². The molecule has 2 aliphatic rings. The molecule has 4 heterocycles. The van der Waals surface area contributed by atoms with E-state index in [1.807, 2.05) is 39.9 Å². The van der Waals surface area contributed by atoms with E-state index < -0.39 is 0 Å².